The minimum atomic E-state index is -3.69. The number of fused-ring (bicyclic) bond motifs is 3. The second kappa shape index (κ2) is 9.15. The molecule has 0 bridgehead atoms. The van der Waals surface area contributed by atoms with E-state index in [0.717, 1.165) is 38.9 Å². The average Bonchev–Trinajstić information content (AvgIpc) is 3.10. The summed E-state index contributed by atoms with van der Waals surface area (Å²) in [5.41, 5.74) is 3.21. The van der Waals surface area contributed by atoms with E-state index in [-0.39, 0.29) is 6.54 Å². The van der Waals surface area contributed by atoms with Gasteiger partial charge in [0.05, 0.1) is 18.6 Å². The molecule has 0 aliphatic carbocycles. The quantitative estimate of drug-likeness (QED) is 0.412. The van der Waals surface area contributed by atoms with Gasteiger partial charge in [-0.3, -0.25) is 9.10 Å². The summed E-state index contributed by atoms with van der Waals surface area (Å²) in [5, 5.41) is 5.00. The van der Waals surface area contributed by atoms with Crippen LogP contribution >= 0.6 is 0 Å². The van der Waals surface area contributed by atoms with E-state index in [0.29, 0.717) is 23.7 Å². The summed E-state index contributed by atoms with van der Waals surface area (Å²) >= 11 is 0. The highest BCUT2D eigenvalue weighted by atomic mass is 32.2. The Balaban J connectivity index is 1.61. The number of ether oxygens (including phenoxy) is 1. The Morgan fingerprint density at radius 1 is 0.970 bits per heavy atom. The van der Waals surface area contributed by atoms with Gasteiger partial charge in [0.25, 0.3) is 0 Å². The highest BCUT2D eigenvalue weighted by Gasteiger charge is 2.22. The number of rotatable bonds is 8. The van der Waals surface area contributed by atoms with Gasteiger partial charge in [0.15, 0.2) is 0 Å². The molecule has 0 atom stereocenters. The molecule has 0 fully saturated rings. The third-order valence-electron chi connectivity index (χ3n) is 5.48. The maximum atomic E-state index is 12.9. The fourth-order valence-electron chi connectivity index (χ4n) is 4.10. The van der Waals surface area contributed by atoms with E-state index in [9.17, 15) is 13.2 Å². The molecule has 1 N–H and O–H groups in total. The molecule has 0 radical (unpaired) electrons. The topological polar surface area (TPSA) is 80.6 Å². The zero-order valence-electron chi connectivity index (χ0n) is 18.9. The van der Waals surface area contributed by atoms with Gasteiger partial charge in [0.2, 0.25) is 15.9 Å². The molecule has 4 rings (SSSR count). The molecule has 0 aliphatic rings. The van der Waals surface area contributed by atoms with Crippen LogP contribution in [0.2, 0.25) is 0 Å². The Hall–Kier alpha value is -3.52. The van der Waals surface area contributed by atoms with E-state index in [1.807, 2.05) is 37.3 Å². The molecule has 1 heterocycles. The van der Waals surface area contributed by atoms with Crippen LogP contribution < -0.4 is 14.4 Å². The third kappa shape index (κ3) is 4.66. The number of aromatic nitrogens is 1. The van der Waals surface area contributed by atoms with Crippen LogP contribution in [0.4, 0.5) is 11.4 Å². The van der Waals surface area contributed by atoms with Gasteiger partial charge in [-0.1, -0.05) is 24.3 Å². The van der Waals surface area contributed by atoms with Crippen molar-refractivity contribution in [3.05, 3.63) is 66.7 Å². The summed E-state index contributed by atoms with van der Waals surface area (Å²) in [6, 6.07) is 20.6. The van der Waals surface area contributed by atoms with Gasteiger partial charge in [-0.15, -0.1) is 0 Å². The Bertz CT molecular complexity index is 1430. The molecule has 4 aromatic rings. The lowest BCUT2D eigenvalue weighted by Crippen LogP contribution is -2.37. The lowest BCUT2D eigenvalue weighted by molar-refractivity contribution is -0.114. The Labute approximate surface area is 193 Å². The Morgan fingerprint density at radius 3 is 2.45 bits per heavy atom. The van der Waals surface area contributed by atoms with Crippen molar-refractivity contribution in [3.8, 4) is 5.75 Å². The second-order valence-corrected chi connectivity index (χ2v) is 9.65. The lowest BCUT2D eigenvalue weighted by Gasteiger charge is -2.22. The van der Waals surface area contributed by atoms with E-state index in [1.165, 1.54) is 0 Å². The first-order valence-electron chi connectivity index (χ1n) is 10.8. The van der Waals surface area contributed by atoms with Gasteiger partial charge >= 0.3 is 0 Å². The lowest BCUT2D eigenvalue weighted by atomic mass is 10.1. The summed E-state index contributed by atoms with van der Waals surface area (Å²) < 4.78 is 33.7. The summed E-state index contributed by atoms with van der Waals surface area (Å²) in [5.74, 6) is 0.114. The van der Waals surface area contributed by atoms with Crippen molar-refractivity contribution in [2.45, 2.75) is 20.4 Å². The number of amides is 1. The molecule has 7 nitrogen and oxygen atoms in total. The summed E-state index contributed by atoms with van der Waals surface area (Å²) in [4.78, 5) is 12.9. The second-order valence-electron chi connectivity index (χ2n) is 7.74. The van der Waals surface area contributed by atoms with E-state index in [2.05, 4.69) is 28.9 Å². The Morgan fingerprint density at radius 2 is 1.73 bits per heavy atom. The minimum absolute atomic E-state index is 0.344. The smallest absolute Gasteiger partial charge is 0.245 e. The van der Waals surface area contributed by atoms with E-state index in [4.69, 9.17) is 4.74 Å². The Kier molecular flexibility index (Phi) is 6.29. The number of hydrogen-bond acceptors (Lipinski definition) is 4. The average molecular weight is 466 g/mol. The molecular formula is C25H27N3O4S. The molecule has 0 saturated carbocycles. The van der Waals surface area contributed by atoms with Crippen LogP contribution in [0.5, 0.6) is 5.75 Å². The van der Waals surface area contributed by atoms with E-state index >= 15 is 0 Å². The van der Waals surface area contributed by atoms with Crippen molar-refractivity contribution >= 4 is 49.1 Å². The van der Waals surface area contributed by atoms with Crippen molar-refractivity contribution < 1.29 is 17.9 Å². The number of sulfonamides is 1. The van der Waals surface area contributed by atoms with Crippen molar-refractivity contribution in [1.29, 1.82) is 0 Å². The van der Waals surface area contributed by atoms with Gasteiger partial charge in [-0.25, -0.2) is 8.42 Å². The van der Waals surface area contributed by atoms with Gasteiger partial charge in [0.1, 0.15) is 12.3 Å². The third-order valence-corrected chi connectivity index (χ3v) is 6.62. The number of carbonyl (C=O) groups excluding carboxylic acids is 1. The number of nitrogens with zero attached hydrogens (tertiary/aromatic N) is 2. The summed E-state index contributed by atoms with van der Waals surface area (Å²) in [6.45, 7) is 4.90. The summed E-state index contributed by atoms with van der Waals surface area (Å²) in [7, 11) is -3.69. The fraction of sp³-hybridized carbons (Fsp3) is 0.240. The summed E-state index contributed by atoms with van der Waals surface area (Å²) in [6.07, 6.45) is 1.08. The molecule has 8 heteroatoms. The molecule has 0 saturated heterocycles. The number of anilines is 2. The molecule has 172 valence electrons. The molecule has 1 amide bonds. The molecular weight excluding hydrogens is 438 g/mol. The molecule has 33 heavy (non-hydrogen) atoms. The van der Waals surface area contributed by atoms with Crippen LogP contribution in [-0.2, 0) is 21.4 Å². The first-order valence-corrected chi connectivity index (χ1v) is 12.7. The highest BCUT2D eigenvalue weighted by Crippen LogP contribution is 2.31. The maximum absolute atomic E-state index is 12.9. The standard InChI is InChI=1S/C25H27N3O4S/c1-4-27-23-12-7-6-11-21(23)22-15-18(13-14-24(22)27)26-25(29)17-28(33(3,30)31)19-9-8-10-20(16-19)32-5-2/h6-16H,4-5,17H2,1-3H3,(H,26,29). The zero-order valence-corrected chi connectivity index (χ0v) is 19.7. The maximum Gasteiger partial charge on any atom is 0.245 e. The van der Waals surface area contributed by atoms with E-state index < -0.39 is 15.9 Å². The highest BCUT2D eigenvalue weighted by molar-refractivity contribution is 7.92. The molecule has 0 unspecified atom stereocenters. The van der Waals surface area contributed by atoms with Crippen LogP contribution in [0.3, 0.4) is 0 Å². The van der Waals surface area contributed by atoms with Gasteiger partial charge < -0.3 is 14.6 Å². The first kappa shape index (κ1) is 22.7. The molecule has 0 aliphatic heterocycles. The van der Waals surface area contributed by atoms with E-state index in [1.54, 1.807) is 24.3 Å². The number of benzene rings is 3. The molecule has 1 aromatic heterocycles. The van der Waals surface area contributed by atoms with Crippen LogP contribution in [-0.4, -0.2) is 38.3 Å². The largest absolute Gasteiger partial charge is 0.494 e. The van der Waals surface area contributed by atoms with Gasteiger partial charge in [-0.05, 0) is 50.2 Å². The zero-order chi connectivity index (χ0) is 23.6. The van der Waals surface area contributed by atoms with Crippen LogP contribution in [0.1, 0.15) is 13.8 Å². The van der Waals surface area contributed by atoms with Gasteiger partial charge in [-0.2, -0.15) is 0 Å². The number of aryl methyl sites for hydroxylation is 1. The van der Waals surface area contributed by atoms with Crippen molar-refractivity contribution in [1.82, 2.24) is 4.57 Å². The van der Waals surface area contributed by atoms with Crippen LogP contribution in [0.25, 0.3) is 21.8 Å². The first-order chi connectivity index (χ1) is 15.8. The van der Waals surface area contributed by atoms with Gasteiger partial charge in [0, 0.05) is 40.1 Å². The molecule has 3 aromatic carbocycles. The fourth-order valence-corrected chi connectivity index (χ4v) is 4.95. The predicted molar refractivity (Wildman–Crippen MR) is 134 cm³/mol. The molecule has 0 spiro atoms. The normalized spacial score (nSPS) is 11.6. The number of carbonyl (C=O) groups is 1. The van der Waals surface area contributed by atoms with Crippen LogP contribution in [0, 0.1) is 0 Å². The predicted octanol–water partition coefficient (Wildman–Crippen LogP) is 4.62. The van der Waals surface area contributed by atoms with Crippen LogP contribution in [0.15, 0.2) is 66.7 Å². The van der Waals surface area contributed by atoms with Crippen molar-refractivity contribution in [2.75, 3.05) is 29.0 Å². The number of hydrogen-bond donors (Lipinski definition) is 1. The van der Waals surface area contributed by atoms with Crippen molar-refractivity contribution in [2.24, 2.45) is 0 Å². The minimum Gasteiger partial charge on any atom is -0.494 e. The monoisotopic (exact) mass is 465 g/mol. The number of nitrogens with one attached hydrogen (secondary N) is 1. The SMILES string of the molecule is CCOc1cccc(N(CC(=O)Nc2ccc3c(c2)c2ccccc2n3CC)S(C)(=O)=O)c1. The number of para-hydroxylation sites is 1. The van der Waals surface area contributed by atoms with Crippen molar-refractivity contribution in [3.63, 3.8) is 0 Å².